The molecule has 16 heteroatoms. The molecular formula is C15H26F6N2O6S2. The second-order valence-corrected chi connectivity index (χ2v) is 10.3. The molecule has 0 aromatic carbocycles. The van der Waals surface area contributed by atoms with E-state index in [0.717, 1.165) is 28.0 Å². The molecule has 0 saturated heterocycles. The number of nitrogens with zero attached hydrogens (tertiary/aromatic N) is 2. The first-order valence-electron chi connectivity index (χ1n) is 8.61. The molecule has 0 unspecified atom stereocenters. The molecule has 0 saturated carbocycles. The fourth-order valence-corrected chi connectivity index (χ4v) is 3.57. The highest BCUT2D eigenvalue weighted by molar-refractivity contribution is 8.13. The molecule has 0 spiro atoms. The number of rotatable bonds is 10. The maximum atomic E-state index is 11.4. The summed E-state index contributed by atoms with van der Waals surface area (Å²) in [7, 11) is -8.96. The molecule has 0 radical (unpaired) electrons. The SMILES string of the molecule is C=C(C)C(=O)OCCCC[N+](C)(C)CCC.O=S(=O)([N-]S(=O)(=O)C(F)(F)F)C(F)(F)F. The minimum Gasteiger partial charge on any atom is -0.462 e. The number of ether oxygens (including phenoxy) is 1. The van der Waals surface area contributed by atoms with Gasteiger partial charge in [-0.25, -0.2) is 21.6 Å². The number of unbranched alkanes of at least 4 members (excludes halogenated alkanes) is 1. The fraction of sp³-hybridized carbons (Fsp3) is 0.800. The van der Waals surface area contributed by atoms with Gasteiger partial charge in [0, 0.05) is 5.57 Å². The molecule has 0 atom stereocenters. The lowest BCUT2D eigenvalue weighted by atomic mass is 10.2. The molecule has 0 bridgehead atoms. The normalized spacial score (nSPS) is 13.2. The van der Waals surface area contributed by atoms with Crippen LogP contribution < -0.4 is 0 Å². The van der Waals surface area contributed by atoms with Crippen molar-refractivity contribution in [3.63, 3.8) is 0 Å². The lowest BCUT2D eigenvalue weighted by Gasteiger charge is -2.29. The van der Waals surface area contributed by atoms with Crippen LogP contribution >= 0.6 is 0 Å². The number of hydrogen-bond donors (Lipinski definition) is 0. The van der Waals surface area contributed by atoms with Crippen molar-refractivity contribution >= 4 is 26.0 Å². The molecule has 8 nitrogen and oxygen atoms in total. The molecule has 0 N–H and O–H groups in total. The number of esters is 1. The largest absolute Gasteiger partial charge is 0.480 e. The topological polar surface area (TPSA) is 109 Å². The monoisotopic (exact) mass is 508 g/mol. The number of halogens is 6. The summed E-state index contributed by atoms with van der Waals surface area (Å²) in [6.45, 7) is 10.3. The predicted octanol–water partition coefficient (Wildman–Crippen LogP) is 3.43. The van der Waals surface area contributed by atoms with Crippen LogP contribution in [0.4, 0.5) is 26.3 Å². The molecule has 0 aliphatic heterocycles. The summed E-state index contributed by atoms with van der Waals surface area (Å²) in [5.74, 6) is -0.276. The summed E-state index contributed by atoms with van der Waals surface area (Å²) in [5, 5.41) is 0. The summed E-state index contributed by atoms with van der Waals surface area (Å²) < 4.78 is 115. The maximum absolute atomic E-state index is 11.4. The van der Waals surface area contributed by atoms with E-state index < -0.39 is 31.1 Å². The number of hydrogen-bond acceptors (Lipinski definition) is 6. The number of carbonyl (C=O) groups is 1. The van der Waals surface area contributed by atoms with E-state index in [1.54, 1.807) is 6.92 Å². The fourth-order valence-electron chi connectivity index (χ4n) is 1.86. The third kappa shape index (κ3) is 12.9. The summed E-state index contributed by atoms with van der Waals surface area (Å²) in [6, 6.07) is 0. The first-order valence-corrected chi connectivity index (χ1v) is 11.5. The van der Waals surface area contributed by atoms with Crippen molar-refractivity contribution in [2.75, 3.05) is 33.8 Å². The van der Waals surface area contributed by atoms with Gasteiger partial charge in [-0.3, -0.25) is 0 Å². The van der Waals surface area contributed by atoms with Crippen LogP contribution in [0.15, 0.2) is 12.2 Å². The van der Waals surface area contributed by atoms with Gasteiger partial charge in [0.05, 0.1) is 33.8 Å². The third-order valence-electron chi connectivity index (χ3n) is 3.35. The minimum absolute atomic E-state index is 0.276. The van der Waals surface area contributed by atoms with Crippen molar-refractivity contribution in [1.82, 2.24) is 0 Å². The molecule has 0 aromatic heterocycles. The van der Waals surface area contributed by atoms with Gasteiger partial charge in [0.2, 0.25) is 0 Å². The van der Waals surface area contributed by atoms with Crippen molar-refractivity contribution in [2.24, 2.45) is 0 Å². The van der Waals surface area contributed by atoms with Gasteiger partial charge in [-0.1, -0.05) is 13.5 Å². The Morgan fingerprint density at radius 3 is 1.68 bits per heavy atom. The van der Waals surface area contributed by atoms with Crippen LogP contribution in [0.1, 0.15) is 33.1 Å². The van der Waals surface area contributed by atoms with Gasteiger partial charge in [0.25, 0.3) is 0 Å². The van der Waals surface area contributed by atoms with Crippen molar-refractivity contribution < 1.29 is 57.2 Å². The van der Waals surface area contributed by atoms with Gasteiger partial charge in [0.15, 0.2) is 20.0 Å². The maximum Gasteiger partial charge on any atom is 0.480 e. The first kappa shape index (κ1) is 31.8. The summed E-state index contributed by atoms with van der Waals surface area (Å²) in [5.41, 5.74) is -11.9. The summed E-state index contributed by atoms with van der Waals surface area (Å²) in [4.78, 5) is 11.1. The molecule has 0 aliphatic rings. The number of sulfonamides is 2. The Bertz CT molecular complexity index is 763. The van der Waals surface area contributed by atoms with Crippen molar-refractivity contribution in [3.8, 4) is 0 Å². The van der Waals surface area contributed by atoms with E-state index in [1.807, 2.05) is 0 Å². The van der Waals surface area contributed by atoms with E-state index in [0.29, 0.717) is 12.2 Å². The van der Waals surface area contributed by atoms with E-state index in [4.69, 9.17) is 4.74 Å². The van der Waals surface area contributed by atoms with Gasteiger partial charge >= 0.3 is 17.0 Å². The molecule has 0 fully saturated rings. The third-order valence-corrected chi connectivity index (χ3v) is 6.09. The Balaban J connectivity index is 0. The lowest BCUT2D eigenvalue weighted by Crippen LogP contribution is -2.41. The molecule has 0 heterocycles. The van der Waals surface area contributed by atoms with Crippen LogP contribution in [0.3, 0.4) is 0 Å². The van der Waals surface area contributed by atoms with Gasteiger partial charge in [-0.2, -0.15) is 26.3 Å². The van der Waals surface area contributed by atoms with Crippen LogP contribution in [0.2, 0.25) is 0 Å². The zero-order valence-electron chi connectivity index (χ0n) is 17.4. The quantitative estimate of drug-likeness (QED) is 0.147. The van der Waals surface area contributed by atoms with E-state index in [9.17, 15) is 48.0 Å². The smallest absolute Gasteiger partial charge is 0.462 e. The average molecular weight is 509 g/mol. The second kappa shape index (κ2) is 12.0. The summed E-state index contributed by atoms with van der Waals surface area (Å²) in [6.07, 6.45) is 3.23. The van der Waals surface area contributed by atoms with E-state index in [1.165, 1.54) is 13.0 Å². The summed E-state index contributed by atoms with van der Waals surface area (Å²) >= 11 is 0. The van der Waals surface area contributed by atoms with E-state index in [-0.39, 0.29) is 5.97 Å². The highest BCUT2D eigenvalue weighted by Gasteiger charge is 2.46. The zero-order chi connectivity index (χ0) is 25.3. The average Bonchev–Trinajstić information content (AvgIpc) is 2.51. The van der Waals surface area contributed by atoms with Crippen molar-refractivity contribution in [2.45, 2.75) is 44.1 Å². The number of carbonyl (C=O) groups excluding carboxylic acids is 1. The van der Waals surface area contributed by atoms with Crippen LogP contribution in [-0.4, -0.2) is 72.1 Å². The highest BCUT2D eigenvalue weighted by Crippen LogP contribution is 2.36. The Labute approximate surface area is 177 Å². The number of alkyl halides is 6. The Kier molecular flexibility index (Phi) is 12.3. The van der Waals surface area contributed by atoms with Crippen LogP contribution in [0, 0.1) is 0 Å². The molecular weight excluding hydrogens is 482 g/mol. The van der Waals surface area contributed by atoms with Crippen LogP contribution in [0.5, 0.6) is 0 Å². The molecule has 0 aliphatic carbocycles. The van der Waals surface area contributed by atoms with E-state index >= 15 is 0 Å². The van der Waals surface area contributed by atoms with Crippen molar-refractivity contribution in [1.29, 1.82) is 0 Å². The molecule has 0 amide bonds. The Morgan fingerprint density at radius 2 is 1.35 bits per heavy atom. The van der Waals surface area contributed by atoms with Crippen LogP contribution in [0.25, 0.3) is 4.13 Å². The predicted molar refractivity (Wildman–Crippen MR) is 100 cm³/mol. The van der Waals surface area contributed by atoms with Gasteiger partial charge < -0.3 is 13.3 Å². The Morgan fingerprint density at radius 1 is 0.935 bits per heavy atom. The van der Waals surface area contributed by atoms with Gasteiger partial charge in [0.1, 0.15) is 0 Å². The Hall–Kier alpha value is -1.39. The molecule has 0 aromatic rings. The van der Waals surface area contributed by atoms with Gasteiger partial charge in [-0.15, -0.1) is 0 Å². The molecule has 31 heavy (non-hydrogen) atoms. The highest BCUT2D eigenvalue weighted by atomic mass is 32.3. The second-order valence-electron chi connectivity index (χ2n) is 6.92. The minimum atomic E-state index is -6.72. The molecule has 186 valence electrons. The standard InChI is InChI=1S/C13H26NO2.C2F6NO4S2/c1-6-9-14(4,5)10-7-8-11-16-13(15)12(2)3;3-1(4,5)14(10,11)9-15(12,13)2(6,7)8/h2,6-11H2,1,3-5H3;/q+1;-1. The zero-order valence-corrected chi connectivity index (χ0v) is 19.0. The molecule has 0 rings (SSSR count). The van der Waals surface area contributed by atoms with Crippen molar-refractivity contribution in [3.05, 3.63) is 16.3 Å². The lowest BCUT2D eigenvalue weighted by molar-refractivity contribution is -0.890. The number of quaternary nitrogens is 1. The van der Waals surface area contributed by atoms with E-state index in [2.05, 4.69) is 27.6 Å². The first-order chi connectivity index (χ1) is 13.6. The van der Waals surface area contributed by atoms with Crippen LogP contribution in [-0.2, 0) is 29.6 Å². The van der Waals surface area contributed by atoms with Gasteiger partial charge in [-0.05, 0) is 26.2 Å².